The smallest absolute Gasteiger partial charge is 0.131 e. The standard InChI is InChI=1S/C19H18N2O2S/c1-19(2)7-8-24-17-6-4-13(9-16(17)19)3-5-14-11-21-15(12-20-14)10-18(22)23/h4,6,9,11-12H,7-8,10H2,1-2H3,(H,22,23)/p-1. The van der Waals surface area contributed by atoms with Gasteiger partial charge in [0.2, 0.25) is 0 Å². The molecule has 1 aliphatic heterocycles. The summed E-state index contributed by atoms with van der Waals surface area (Å²) >= 11 is 1.90. The van der Waals surface area contributed by atoms with Crippen LogP contribution in [0.25, 0.3) is 0 Å². The highest BCUT2D eigenvalue weighted by Gasteiger charge is 2.27. The van der Waals surface area contributed by atoms with Gasteiger partial charge in [-0.25, -0.2) is 4.98 Å². The number of carbonyl (C=O) groups excluding carboxylic acids is 1. The van der Waals surface area contributed by atoms with Crippen LogP contribution in [0, 0.1) is 11.8 Å². The summed E-state index contributed by atoms with van der Waals surface area (Å²) < 4.78 is 0. The molecule has 0 atom stereocenters. The molecule has 5 heteroatoms. The quantitative estimate of drug-likeness (QED) is 0.784. The van der Waals surface area contributed by atoms with E-state index in [-0.39, 0.29) is 11.8 Å². The molecule has 0 spiro atoms. The van der Waals surface area contributed by atoms with E-state index in [0.29, 0.717) is 11.4 Å². The predicted octanol–water partition coefficient (Wildman–Crippen LogP) is 1.94. The zero-order valence-electron chi connectivity index (χ0n) is 13.6. The van der Waals surface area contributed by atoms with Gasteiger partial charge in [0.15, 0.2) is 0 Å². The highest BCUT2D eigenvalue weighted by atomic mass is 32.2. The summed E-state index contributed by atoms with van der Waals surface area (Å²) in [5.41, 5.74) is 3.35. The number of carboxylic acid groups (broad SMARTS) is 1. The van der Waals surface area contributed by atoms with Gasteiger partial charge in [0.05, 0.1) is 18.1 Å². The number of hydrogen-bond donors (Lipinski definition) is 0. The van der Waals surface area contributed by atoms with Gasteiger partial charge in [-0.05, 0) is 47.3 Å². The molecule has 1 aliphatic rings. The van der Waals surface area contributed by atoms with E-state index in [2.05, 4.69) is 47.8 Å². The van der Waals surface area contributed by atoms with Crippen molar-refractivity contribution in [1.29, 1.82) is 0 Å². The highest BCUT2D eigenvalue weighted by molar-refractivity contribution is 7.99. The highest BCUT2D eigenvalue weighted by Crippen LogP contribution is 2.41. The van der Waals surface area contributed by atoms with Gasteiger partial charge in [0.25, 0.3) is 0 Å². The van der Waals surface area contributed by atoms with Crippen molar-refractivity contribution < 1.29 is 9.90 Å². The van der Waals surface area contributed by atoms with Crippen LogP contribution in [0.5, 0.6) is 0 Å². The number of fused-ring (bicyclic) bond motifs is 1. The van der Waals surface area contributed by atoms with Crippen LogP contribution in [0.15, 0.2) is 35.5 Å². The Kier molecular flexibility index (Phi) is 4.59. The Morgan fingerprint density at radius 1 is 1.29 bits per heavy atom. The maximum atomic E-state index is 10.5. The van der Waals surface area contributed by atoms with E-state index < -0.39 is 5.97 Å². The van der Waals surface area contributed by atoms with Gasteiger partial charge in [0, 0.05) is 22.8 Å². The fraction of sp³-hybridized carbons (Fsp3) is 0.316. The molecule has 122 valence electrons. The molecular formula is C19H17N2O2S-. The topological polar surface area (TPSA) is 65.9 Å². The number of aliphatic carboxylic acids is 1. The summed E-state index contributed by atoms with van der Waals surface area (Å²) in [6.45, 7) is 4.54. The maximum absolute atomic E-state index is 10.5. The number of carbonyl (C=O) groups is 1. The van der Waals surface area contributed by atoms with Gasteiger partial charge < -0.3 is 9.90 Å². The molecule has 0 aliphatic carbocycles. The molecule has 3 rings (SSSR count). The van der Waals surface area contributed by atoms with Crippen LogP contribution in [-0.4, -0.2) is 21.7 Å². The van der Waals surface area contributed by atoms with Crippen LogP contribution in [-0.2, 0) is 16.6 Å². The molecule has 0 radical (unpaired) electrons. The lowest BCUT2D eigenvalue weighted by Gasteiger charge is -2.32. The minimum Gasteiger partial charge on any atom is -0.550 e. The molecule has 1 aromatic carbocycles. The molecule has 1 aromatic heterocycles. The fourth-order valence-corrected chi connectivity index (χ4v) is 4.10. The van der Waals surface area contributed by atoms with Crippen LogP contribution in [0.2, 0.25) is 0 Å². The van der Waals surface area contributed by atoms with Crippen molar-refractivity contribution in [2.75, 3.05) is 5.75 Å². The molecule has 4 nitrogen and oxygen atoms in total. The molecule has 2 aromatic rings. The van der Waals surface area contributed by atoms with Crippen molar-refractivity contribution >= 4 is 17.7 Å². The third kappa shape index (κ3) is 3.77. The number of aromatic nitrogens is 2. The Hall–Kier alpha value is -2.32. The number of hydrogen-bond acceptors (Lipinski definition) is 5. The zero-order chi connectivity index (χ0) is 17.2. The Labute approximate surface area is 145 Å². The molecule has 0 unspecified atom stereocenters. The molecular weight excluding hydrogens is 320 g/mol. The van der Waals surface area contributed by atoms with E-state index in [9.17, 15) is 9.90 Å². The van der Waals surface area contributed by atoms with Crippen LogP contribution in [0.1, 0.15) is 42.8 Å². The predicted molar refractivity (Wildman–Crippen MR) is 91.5 cm³/mol. The number of carboxylic acids is 1. The summed E-state index contributed by atoms with van der Waals surface area (Å²) in [6, 6.07) is 6.32. The van der Waals surface area contributed by atoms with Gasteiger partial charge >= 0.3 is 0 Å². The number of nitrogens with zero attached hydrogens (tertiary/aromatic N) is 2. The lowest BCUT2D eigenvalue weighted by atomic mass is 9.81. The summed E-state index contributed by atoms with van der Waals surface area (Å²) in [5.74, 6) is 6.08. The molecule has 0 fully saturated rings. The molecule has 0 amide bonds. The van der Waals surface area contributed by atoms with Gasteiger partial charge in [-0.3, -0.25) is 4.98 Å². The van der Waals surface area contributed by atoms with Crippen LogP contribution in [0.3, 0.4) is 0 Å². The average molecular weight is 337 g/mol. The average Bonchev–Trinajstić information content (AvgIpc) is 2.54. The lowest BCUT2D eigenvalue weighted by Crippen LogP contribution is -2.24. The van der Waals surface area contributed by atoms with Crippen molar-refractivity contribution in [3.8, 4) is 11.8 Å². The van der Waals surface area contributed by atoms with Crippen molar-refractivity contribution in [2.45, 2.75) is 37.0 Å². The second kappa shape index (κ2) is 6.66. The second-order valence-corrected chi connectivity index (χ2v) is 7.52. The maximum Gasteiger partial charge on any atom is 0.131 e. The van der Waals surface area contributed by atoms with Crippen LogP contribution >= 0.6 is 11.8 Å². The lowest BCUT2D eigenvalue weighted by molar-refractivity contribution is -0.304. The van der Waals surface area contributed by atoms with Crippen molar-refractivity contribution in [1.82, 2.24) is 9.97 Å². The SMILES string of the molecule is CC1(C)CCSc2ccc(C#Cc3cnc(CC(=O)[O-])cn3)cc21. The largest absolute Gasteiger partial charge is 0.550 e. The Balaban J connectivity index is 1.82. The third-order valence-corrected chi connectivity index (χ3v) is 5.13. The first-order valence-electron chi connectivity index (χ1n) is 7.74. The summed E-state index contributed by atoms with van der Waals surface area (Å²) in [5, 5.41) is 10.5. The van der Waals surface area contributed by atoms with E-state index in [4.69, 9.17) is 0 Å². The van der Waals surface area contributed by atoms with Crippen molar-refractivity contribution in [2.24, 2.45) is 0 Å². The monoisotopic (exact) mass is 337 g/mol. The van der Waals surface area contributed by atoms with E-state index >= 15 is 0 Å². The first kappa shape index (κ1) is 16.5. The first-order valence-corrected chi connectivity index (χ1v) is 8.73. The van der Waals surface area contributed by atoms with E-state index in [1.165, 1.54) is 22.9 Å². The normalized spacial score (nSPS) is 15.1. The van der Waals surface area contributed by atoms with Gasteiger partial charge in [0.1, 0.15) is 5.69 Å². The first-order chi connectivity index (χ1) is 11.4. The molecule has 0 saturated carbocycles. The summed E-state index contributed by atoms with van der Waals surface area (Å²) in [6.07, 6.45) is 3.83. The minimum absolute atomic E-state index is 0.171. The van der Waals surface area contributed by atoms with Crippen LogP contribution in [0.4, 0.5) is 0 Å². The van der Waals surface area contributed by atoms with Gasteiger partial charge in [-0.1, -0.05) is 19.8 Å². The minimum atomic E-state index is -1.17. The van der Waals surface area contributed by atoms with Gasteiger partial charge in [-0.15, -0.1) is 11.8 Å². The van der Waals surface area contributed by atoms with E-state index in [1.807, 2.05) is 17.8 Å². The summed E-state index contributed by atoms with van der Waals surface area (Å²) in [4.78, 5) is 20.0. The summed E-state index contributed by atoms with van der Waals surface area (Å²) in [7, 11) is 0. The molecule has 24 heavy (non-hydrogen) atoms. The van der Waals surface area contributed by atoms with Crippen molar-refractivity contribution in [3.05, 3.63) is 53.1 Å². The number of benzene rings is 1. The number of rotatable bonds is 2. The third-order valence-electron chi connectivity index (χ3n) is 4.06. The second-order valence-electron chi connectivity index (χ2n) is 6.39. The fourth-order valence-electron chi connectivity index (χ4n) is 2.61. The van der Waals surface area contributed by atoms with Crippen LogP contribution < -0.4 is 5.11 Å². The zero-order valence-corrected chi connectivity index (χ0v) is 14.4. The number of thioether (sulfide) groups is 1. The van der Waals surface area contributed by atoms with E-state index in [1.54, 1.807) is 0 Å². The van der Waals surface area contributed by atoms with Gasteiger partial charge in [-0.2, -0.15) is 0 Å². The Morgan fingerprint density at radius 2 is 2.12 bits per heavy atom. The molecule has 0 saturated heterocycles. The van der Waals surface area contributed by atoms with E-state index in [0.717, 1.165) is 17.7 Å². The molecule has 0 N–H and O–H groups in total. The van der Waals surface area contributed by atoms with Crippen molar-refractivity contribution in [3.63, 3.8) is 0 Å². The molecule has 0 bridgehead atoms. The Morgan fingerprint density at radius 3 is 2.83 bits per heavy atom. The molecule has 2 heterocycles. The Bertz CT molecular complexity index is 833.